The predicted molar refractivity (Wildman–Crippen MR) is 277 cm³/mol. The van der Waals surface area contributed by atoms with Gasteiger partial charge in [-0.25, -0.2) is 0 Å². The summed E-state index contributed by atoms with van der Waals surface area (Å²) in [6.45, 7) is 4.75. The van der Waals surface area contributed by atoms with E-state index in [4.69, 9.17) is 0 Å². The molecule has 0 amide bonds. The lowest BCUT2D eigenvalue weighted by Crippen LogP contribution is -2.23. The molecule has 65 heavy (non-hydrogen) atoms. The van der Waals surface area contributed by atoms with Crippen LogP contribution in [0.4, 0.5) is 34.1 Å². The van der Waals surface area contributed by atoms with Crippen molar-refractivity contribution in [1.29, 1.82) is 0 Å². The standard InChI is InChI=1S/C63H48N2/c1-3-63(4-2)59-41-46(31-37-55(59)56-40-34-52(42-60(56)63)65(49-21-13-7-14-22-49)50-23-15-8-16-24-50)54-36-28-45-29-38-57-53(35-27-44-30-39-58(54)62(45)61(44)57)43-25-32-51(33-26-43)64(47-17-9-5-10-18-47)48-19-11-6-12-20-48/h5-42H,3-4H2,1-2H3. The van der Waals surface area contributed by atoms with Gasteiger partial charge >= 0.3 is 0 Å². The van der Waals surface area contributed by atoms with Crippen LogP contribution in [0.25, 0.3) is 65.7 Å². The van der Waals surface area contributed by atoms with Crippen LogP contribution in [0, 0.1) is 0 Å². The van der Waals surface area contributed by atoms with Crippen molar-refractivity contribution in [1.82, 2.24) is 0 Å². The summed E-state index contributed by atoms with van der Waals surface area (Å²) >= 11 is 0. The van der Waals surface area contributed by atoms with Crippen molar-refractivity contribution in [2.45, 2.75) is 32.1 Å². The van der Waals surface area contributed by atoms with E-state index in [0.29, 0.717) is 0 Å². The van der Waals surface area contributed by atoms with Crippen LogP contribution in [0.15, 0.2) is 231 Å². The molecule has 0 saturated carbocycles. The van der Waals surface area contributed by atoms with Gasteiger partial charge in [-0.15, -0.1) is 0 Å². The molecule has 2 nitrogen and oxygen atoms in total. The zero-order chi connectivity index (χ0) is 43.5. The Hall–Kier alpha value is -7.94. The maximum absolute atomic E-state index is 2.53. The van der Waals surface area contributed by atoms with Crippen LogP contribution in [-0.4, -0.2) is 0 Å². The fourth-order valence-corrected chi connectivity index (χ4v) is 11.1. The highest BCUT2D eigenvalue weighted by atomic mass is 15.1. The van der Waals surface area contributed by atoms with Gasteiger partial charge in [-0.3, -0.25) is 0 Å². The first kappa shape index (κ1) is 38.7. The molecule has 0 saturated heterocycles. The second-order valence-corrected chi connectivity index (χ2v) is 17.5. The molecule has 0 bridgehead atoms. The maximum Gasteiger partial charge on any atom is 0.0465 e. The van der Waals surface area contributed by atoms with Crippen molar-refractivity contribution in [3.8, 4) is 33.4 Å². The van der Waals surface area contributed by atoms with E-state index in [9.17, 15) is 0 Å². The molecule has 11 aromatic rings. The van der Waals surface area contributed by atoms with Crippen molar-refractivity contribution in [2.24, 2.45) is 0 Å². The molecule has 1 aliphatic carbocycles. The first-order valence-corrected chi connectivity index (χ1v) is 23.0. The van der Waals surface area contributed by atoms with Crippen molar-refractivity contribution in [3.05, 3.63) is 242 Å². The number of fused-ring (bicyclic) bond motifs is 3. The van der Waals surface area contributed by atoms with Crippen LogP contribution in [0.3, 0.4) is 0 Å². The van der Waals surface area contributed by atoms with Gasteiger partial charge in [0.15, 0.2) is 0 Å². The van der Waals surface area contributed by atoms with E-state index in [0.717, 1.165) is 41.3 Å². The molecule has 12 rings (SSSR count). The largest absolute Gasteiger partial charge is 0.311 e. The molecular formula is C63H48N2. The van der Waals surface area contributed by atoms with Gasteiger partial charge in [0.2, 0.25) is 0 Å². The number of anilines is 6. The second kappa shape index (κ2) is 15.7. The van der Waals surface area contributed by atoms with Crippen molar-refractivity contribution in [2.75, 3.05) is 9.80 Å². The molecule has 0 spiro atoms. The van der Waals surface area contributed by atoms with Gasteiger partial charge in [0, 0.05) is 39.5 Å². The van der Waals surface area contributed by atoms with Gasteiger partial charge < -0.3 is 9.80 Å². The van der Waals surface area contributed by atoms with Crippen LogP contribution in [-0.2, 0) is 5.41 Å². The van der Waals surface area contributed by atoms with Gasteiger partial charge in [0.25, 0.3) is 0 Å². The van der Waals surface area contributed by atoms with Crippen molar-refractivity contribution < 1.29 is 0 Å². The van der Waals surface area contributed by atoms with E-state index in [1.807, 2.05) is 0 Å². The Labute approximate surface area is 381 Å². The predicted octanol–water partition coefficient (Wildman–Crippen LogP) is 17.9. The molecule has 0 atom stereocenters. The highest BCUT2D eigenvalue weighted by Crippen LogP contribution is 2.55. The fourth-order valence-electron chi connectivity index (χ4n) is 11.1. The molecule has 0 N–H and O–H groups in total. The molecule has 11 aromatic carbocycles. The molecular weight excluding hydrogens is 785 g/mol. The Kier molecular flexibility index (Phi) is 9.35. The van der Waals surface area contributed by atoms with Gasteiger partial charge in [0.05, 0.1) is 0 Å². The Morgan fingerprint density at radius 1 is 0.308 bits per heavy atom. The van der Waals surface area contributed by atoms with E-state index in [1.165, 1.54) is 82.5 Å². The second-order valence-electron chi connectivity index (χ2n) is 17.5. The lowest BCUT2D eigenvalue weighted by molar-refractivity contribution is 0.490. The summed E-state index contributed by atoms with van der Waals surface area (Å²) in [4.78, 5) is 4.71. The maximum atomic E-state index is 2.53. The lowest BCUT2D eigenvalue weighted by Gasteiger charge is -2.32. The van der Waals surface area contributed by atoms with Gasteiger partial charge in [0.1, 0.15) is 0 Å². The third-order valence-corrected chi connectivity index (χ3v) is 14.3. The van der Waals surface area contributed by atoms with E-state index < -0.39 is 0 Å². The van der Waals surface area contributed by atoms with E-state index in [2.05, 4.69) is 254 Å². The number of benzene rings is 11. The summed E-state index contributed by atoms with van der Waals surface area (Å²) in [5.74, 6) is 0. The van der Waals surface area contributed by atoms with Crippen LogP contribution in [0.1, 0.15) is 37.8 Å². The van der Waals surface area contributed by atoms with Gasteiger partial charge in [-0.1, -0.05) is 166 Å². The molecule has 0 aliphatic heterocycles. The average Bonchev–Trinajstić information content (AvgIpc) is 3.65. The number of rotatable bonds is 10. The first-order valence-electron chi connectivity index (χ1n) is 23.0. The van der Waals surface area contributed by atoms with Crippen molar-refractivity contribution >= 4 is 66.4 Å². The van der Waals surface area contributed by atoms with E-state index in [-0.39, 0.29) is 5.41 Å². The minimum absolute atomic E-state index is 0.108. The minimum atomic E-state index is -0.108. The third kappa shape index (κ3) is 6.24. The molecule has 310 valence electrons. The number of nitrogens with zero attached hydrogens (tertiary/aromatic N) is 2. The summed E-state index contributed by atoms with van der Waals surface area (Å²) in [5, 5.41) is 7.79. The highest BCUT2D eigenvalue weighted by molar-refractivity contribution is 6.27. The minimum Gasteiger partial charge on any atom is -0.311 e. The van der Waals surface area contributed by atoms with Crippen LogP contribution in [0.5, 0.6) is 0 Å². The van der Waals surface area contributed by atoms with Crippen LogP contribution < -0.4 is 9.80 Å². The fraction of sp³-hybridized carbons (Fsp3) is 0.0794. The summed E-state index contributed by atoms with van der Waals surface area (Å²) < 4.78 is 0. The van der Waals surface area contributed by atoms with E-state index >= 15 is 0 Å². The van der Waals surface area contributed by atoms with Crippen LogP contribution >= 0.6 is 0 Å². The average molecular weight is 833 g/mol. The van der Waals surface area contributed by atoms with Gasteiger partial charge in [-0.2, -0.15) is 0 Å². The summed E-state index contributed by atoms with van der Waals surface area (Å²) in [7, 11) is 0. The zero-order valence-electron chi connectivity index (χ0n) is 36.7. The monoisotopic (exact) mass is 832 g/mol. The summed E-state index contributed by atoms with van der Waals surface area (Å²) in [6.07, 6.45) is 2.04. The highest BCUT2D eigenvalue weighted by Gasteiger charge is 2.41. The number of hydrogen-bond acceptors (Lipinski definition) is 2. The Balaban J connectivity index is 0.948. The Morgan fingerprint density at radius 3 is 1.14 bits per heavy atom. The number of hydrogen-bond donors (Lipinski definition) is 0. The molecule has 2 heteroatoms. The molecule has 0 unspecified atom stereocenters. The van der Waals surface area contributed by atoms with Gasteiger partial charge in [-0.05, 0) is 169 Å². The smallest absolute Gasteiger partial charge is 0.0465 e. The summed E-state index contributed by atoms with van der Waals surface area (Å²) in [6, 6.07) is 84.9. The SMILES string of the molecule is CCC1(CC)c2cc(-c3ccc4ccc5c(-c6ccc(N(c7ccccc7)c7ccccc7)cc6)ccc6ccc3c4c65)ccc2-c2ccc(N(c3ccccc3)c3ccccc3)cc21. The van der Waals surface area contributed by atoms with E-state index in [1.54, 1.807) is 0 Å². The Morgan fingerprint density at radius 2 is 0.662 bits per heavy atom. The quantitative estimate of drug-likeness (QED) is 0.127. The summed E-state index contributed by atoms with van der Waals surface area (Å²) in [5.41, 5.74) is 17.4. The zero-order valence-corrected chi connectivity index (χ0v) is 36.7. The molecule has 0 aromatic heterocycles. The Bertz CT molecular complexity index is 3400. The topological polar surface area (TPSA) is 6.48 Å². The van der Waals surface area contributed by atoms with Crippen molar-refractivity contribution in [3.63, 3.8) is 0 Å². The number of para-hydroxylation sites is 4. The molecule has 0 heterocycles. The molecule has 0 fully saturated rings. The van der Waals surface area contributed by atoms with Crippen LogP contribution in [0.2, 0.25) is 0 Å². The first-order chi connectivity index (χ1) is 32.1. The molecule has 0 radical (unpaired) electrons. The lowest BCUT2D eigenvalue weighted by atomic mass is 9.73. The normalized spacial score (nSPS) is 12.7. The molecule has 1 aliphatic rings. The third-order valence-electron chi connectivity index (χ3n) is 14.3.